The lowest BCUT2D eigenvalue weighted by atomic mass is 10.0. The first-order chi connectivity index (χ1) is 10.2. The number of anilines is 1. The van der Waals surface area contributed by atoms with E-state index in [1.165, 1.54) is 0 Å². The number of aromatic nitrogens is 3. The molecule has 0 spiro atoms. The van der Waals surface area contributed by atoms with E-state index < -0.39 is 0 Å². The van der Waals surface area contributed by atoms with Crippen LogP contribution in [0.15, 0.2) is 41.0 Å². The van der Waals surface area contributed by atoms with Crippen molar-refractivity contribution in [1.82, 2.24) is 15.2 Å². The number of amides is 1. The summed E-state index contributed by atoms with van der Waals surface area (Å²) in [5.74, 6) is 0.254. The predicted octanol–water partition coefficient (Wildman–Crippen LogP) is 3.54. The normalized spacial score (nSPS) is 10.8. The number of aryl methyl sites for hydroxylation is 1. The molecule has 0 atom stereocenters. The number of fused-ring (bicyclic) bond motifs is 1. The van der Waals surface area contributed by atoms with Crippen molar-refractivity contribution >= 4 is 38.7 Å². The average Bonchev–Trinajstić information content (AvgIpc) is 2.90. The number of hydrogen-bond acceptors (Lipinski definition) is 3. The largest absolute Gasteiger partial charge is 0.303 e. The number of carbonyl (C=O) groups is 1. The number of carbonyl (C=O) groups excluding carboxylic acids is 1. The number of hydrogen-bond donors (Lipinski definition) is 2. The van der Waals surface area contributed by atoms with Crippen molar-refractivity contribution in [3.05, 3.63) is 52.1 Å². The maximum Gasteiger partial charge on any atom is 0.257 e. The van der Waals surface area contributed by atoms with E-state index in [1.807, 2.05) is 37.3 Å². The zero-order valence-corrected chi connectivity index (χ0v) is 12.9. The lowest BCUT2D eigenvalue weighted by Crippen LogP contribution is -2.14. The van der Waals surface area contributed by atoms with Crippen molar-refractivity contribution < 1.29 is 4.79 Å². The molecule has 1 amide bonds. The number of benzene rings is 1. The van der Waals surface area contributed by atoms with E-state index in [-0.39, 0.29) is 5.91 Å². The number of nitrogens with zero attached hydrogens (tertiary/aromatic N) is 2. The van der Waals surface area contributed by atoms with E-state index in [1.54, 1.807) is 6.20 Å². The molecule has 1 aromatic carbocycles. The van der Waals surface area contributed by atoms with Gasteiger partial charge in [0, 0.05) is 16.2 Å². The summed E-state index contributed by atoms with van der Waals surface area (Å²) < 4.78 is 0.870. The Bertz CT molecular complexity index is 812. The number of rotatable bonds is 3. The van der Waals surface area contributed by atoms with Gasteiger partial charge in [-0.3, -0.25) is 14.9 Å². The highest BCUT2D eigenvalue weighted by Crippen LogP contribution is 2.21. The van der Waals surface area contributed by atoms with Gasteiger partial charge in [-0.1, -0.05) is 28.9 Å². The topological polar surface area (TPSA) is 70.7 Å². The molecule has 0 unspecified atom stereocenters. The monoisotopic (exact) mass is 344 g/mol. The van der Waals surface area contributed by atoms with Gasteiger partial charge >= 0.3 is 0 Å². The summed E-state index contributed by atoms with van der Waals surface area (Å²) in [7, 11) is 0. The van der Waals surface area contributed by atoms with E-state index >= 15 is 0 Å². The minimum atomic E-state index is -0.188. The van der Waals surface area contributed by atoms with Crippen LogP contribution in [0, 0.1) is 0 Å². The molecule has 5 nitrogen and oxygen atoms in total. The van der Waals surface area contributed by atoms with Gasteiger partial charge in [-0.2, -0.15) is 5.10 Å². The molecule has 3 rings (SSSR count). The highest BCUT2D eigenvalue weighted by molar-refractivity contribution is 9.10. The summed E-state index contributed by atoms with van der Waals surface area (Å²) in [5.41, 5.74) is 3.07. The van der Waals surface area contributed by atoms with Gasteiger partial charge in [0.15, 0.2) is 5.82 Å². The Morgan fingerprint density at radius 3 is 3.05 bits per heavy atom. The van der Waals surface area contributed by atoms with Crippen molar-refractivity contribution in [1.29, 1.82) is 0 Å². The van der Waals surface area contributed by atoms with E-state index in [9.17, 15) is 4.79 Å². The minimum absolute atomic E-state index is 0.188. The minimum Gasteiger partial charge on any atom is -0.303 e. The summed E-state index contributed by atoms with van der Waals surface area (Å²) >= 11 is 3.40. The quantitative estimate of drug-likeness (QED) is 0.763. The lowest BCUT2D eigenvalue weighted by Gasteiger charge is -2.08. The fourth-order valence-corrected chi connectivity index (χ4v) is 2.54. The van der Waals surface area contributed by atoms with Gasteiger partial charge in [0.2, 0.25) is 0 Å². The fraction of sp³-hybridized carbons (Fsp3) is 0.133. The standard InChI is InChI=1S/C15H13BrN4O/c1-2-9-5-6-10(16)8-11(9)15(21)18-14-13-12(19-20-14)4-3-7-17-13/h3-8H,2H2,1H3,(H2,18,19,20,21). The van der Waals surface area contributed by atoms with Crippen molar-refractivity contribution in [3.63, 3.8) is 0 Å². The first-order valence-electron chi connectivity index (χ1n) is 6.58. The Balaban J connectivity index is 1.95. The second kappa shape index (κ2) is 5.65. The van der Waals surface area contributed by atoms with Crippen LogP contribution in [0.1, 0.15) is 22.8 Å². The number of nitrogens with one attached hydrogen (secondary N) is 2. The van der Waals surface area contributed by atoms with Crippen LogP contribution in [0.2, 0.25) is 0 Å². The Morgan fingerprint density at radius 2 is 2.24 bits per heavy atom. The van der Waals surface area contributed by atoms with E-state index in [0.717, 1.165) is 22.0 Å². The van der Waals surface area contributed by atoms with Crippen LogP contribution in [0.5, 0.6) is 0 Å². The van der Waals surface area contributed by atoms with Crippen LogP contribution < -0.4 is 5.32 Å². The van der Waals surface area contributed by atoms with Crippen LogP contribution >= 0.6 is 15.9 Å². The maximum absolute atomic E-state index is 12.5. The van der Waals surface area contributed by atoms with E-state index in [2.05, 4.69) is 36.4 Å². The molecule has 106 valence electrons. The SMILES string of the molecule is CCc1ccc(Br)cc1C(=O)Nc1n[nH]c2cccnc12. The number of H-pyrrole nitrogens is 1. The first kappa shape index (κ1) is 13.8. The third-order valence-electron chi connectivity index (χ3n) is 3.25. The third kappa shape index (κ3) is 2.67. The molecule has 0 saturated carbocycles. The van der Waals surface area contributed by atoms with Gasteiger partial charge in [-0.15, -0.1) is 0 Å². The van der Waals surface area contributed by atoms with Crippen molar-refractivity contribution in [2.75, 3.05) is 5.32 Å². The summed E-state index contributed by atoms with van der Waals surface area (Å²) in [5, 5.41) is 9.77. The molecule has 2 aromatic heterocycles. The van der Waals surface area contributed by atoms with E-state index in [4.69, 9.17) is 0 Å². The van der Waals surface area contributed by atoms with Gasteiger partial charge in [0.1, 0.15) is 5.52 Å². The molecular weight excluding hydrogens is 332 g/mol. The number of halogens is 1. The van der Waals surface area contributed by atoms with Crippen LogP contribution in [-0.2, 0) is 6.42 Å². The molecule has 0 saturated heterocycles. The van der Waals surface area contributed by atoms with Gasteiger partial charge < -0.3 is 5.32 Å². The highest BCUT2D eigenvalue weighted by atomic mass is 79.9. The molecule has 6 heteroatoms. The molecule has 21 heavy (non-hydrogen) atoms. The molecule has 0 radical (unpaired) electrons. The average molecular weight is 345 g/mol. The van der Waals surface area contributed by atoms with Crippen molar-refractivity contribution in [2.45, 2.75) is 13.3 Å². The van der Waals surface area contributed by atoms with Crippen LogP contribution in [0.4, 0.5) is 5.82 Å². The van der Waals surface area contributed by atoms with Crippen LogP contribution in [-0.4, -0.2) is 21.1 Å². The Hall–Kier alpha value is -2.21. The van der Waals surface area contributed by atoms with Crippen LogP contribution in [0.3, 0.4) is 0 Å². The Morgan fingerprint density at radius 1 is 1.38 bits per heavy atom. The lowest BCUT2D eigenvalue weighted by molar-refractivity contribution is 0.102. The van der Waals surface area contributed by atoms with Gasteiger partial charge in [-0.25, -0.2) is 0 Å². The Labute approximate surface area is 129 Å². The molecule has 0 fully saturated rings. The molecule has 0 bridgehead atoms. The molecule has 0 aliphatic rings. The molecule has 2 heterocycles. The van der Waals surface area contributed by atoms with E-state index in [0.29, 0.717) is 16.9 Å². The Kier molecular flexibility index (Phi) is 3.70. The van der Waals surface area contributed by atoms with Gasteiger partial charge in [-0.05, 0) is 36.2 Å². The van der Waals surface area contributed by atoms with Crippen molar-refractivity contribution in [2.24, 2.45) is 0 Å². The first-order valence-corrected chi connectivity index (χ1v) is 7.37. The zero-order chi connectivity index (χ0) is 14.8. The molecule has 0 aliphatic heterocycles. The summed E-state index contributed by atoms with van der Waals surface area (Å²) in [6.07, 6.45) is 2.46. The predicted molar refractivity (Wildman–Crippen MR) is 85.4 cm³/mol. The second-order valence-corrected chi connectivity index (χ2v) is 5.50. The van der Waals surface area contributed by atoms with Gasteiger partial charge in [0.05, 0.1) is 5.52 Å². The highest BCUT2D eigenvalue weighted by Gasteiger charge is 2.14. The van der Waals surface area contributed by atoms with Crippen LogP contribution in [0.25, 0.3) is 11.0 Å². The summed E-state index contributed by atoms with van der Waals surface area (Å²) in [6.45, 7) is 2.02. The number of pyridine rings is 1. The second-order valence-electron chi connectivity index (χ2n) is 4.58. The maximum atomic E-state index is 12.5. The molecular formula is C15H13BrN4O. The fourth-order valence-electron chi connectivity index (χ4n) is 2.18. The summed E-state index contributed by atoms with van der Waals surface area (Å²) in [6, 6.07) is 9.37. The zero-order valence-electron chi connectivity index (χ0n) is 11.4. The third-order valence-corrected chi connectivity index (χ3v) is 3.74. The molecule has 0 aliphatic carbocycles. The number of aromatic amines is 1. The van der Waals surface area contributed by atoms with Gasteiger partial charge in [0.25, 0.3) is 5.91 Å². The summed E-state index contributed by atoms with van der Waals surface area (Å²) in [4.78, 5) is 16.7. The molecule has 3 aromatic rings. The van der Waals surface area contributed by atoms with Crippen molar-refractivity contribution in [3.8, 4) is 0 Å². The smallest absolute Gasteiger partial charge is 0.257 e. The molecule has 2 N–H and O–H groups in total.